The minimum atomic E-state index is 0.308. The molecule has 2 unspecified atom stereocenters. The van der Waals surface area contributed by atoms with Gasteiger partial charge in [0, 0.05) is 5.54 Å². The second-order valence-corrected chi connectivity index (χ2v) is 4.37. The van der Waals surface area contributed by atoms with Crippen molar-refractivity contribution in [3.05, 3.63) is 0 Å². The summed E-state index contributed by atoms with van der Waals surface area (Å²) in [5.74, 6) is 2.06. The Labute approximate surface area is 63.0 Å². The van der Waals surface area contributed by atoms with Crippen LogP contribution in [0.25, 0.3) is 0 Å². The van der Waals surface area contributed by atoms with Crippen molar-refractivity contribution in [2.75, 3.05) is 0 Å². The van der Waals surface area contributed by atoms with E-state index in [-0.39, 0.29) is 0 Å². The van der Waals surface area contributed by atoms with Gasteiger partial charge in [-0.1, -0.05) is 6.92 Å². The molecule has 0 spiro atoms. The second-order valence-electron chi connectivity index (χ2n) is 4.37. The van der Waals surface area contributed by atoms with Gasteiger partial charge in [0.05, 0.1) is 0 Å². The molecule has 0 amide bonds. The molecule has 0 bridgehead atoms. The molecule has 2 rings (SSSR count). The van der Waals surface area contributed by atoms with Gasteiger partial charge in [-0.05, 0) is 43.9 Å². The van der Waals surface area contributed by atoms with Crippen LogP contribution in [0.4, 0.5) is 0 Å². The van der Waals surface area contributed by atoms with E-state index in [1.54, 1.807) is 0 Å². The van der Waals surface area contributed by atoms with E-state index < -0.39 is 0 Å². The lowest BCUT2D eigenvalue weighted by atomic mass is 10.1. The Hall–Kier alpha value is -0.0400. The first-order valence-electron chi connectivity index (χ1n) is 4.48. The molecule has 2 saturated carbocycles. The molecule has 0 saturated heterocycles. The first-order valence-corrected chi connectivity index (χ1v) is 4.48. The first kappa shape index (κ1) is 6.66. The van der Waals surface area contributed by atoms with E-state index in [2.05, 4.69) is 6.92 Å². The fourth-order valence-electron chi connectivity index (χ4n) is 1.68. The van der Waals surface area contributed by atoms with Crippen LogP contribution >= 0.6 is 0 Å². The minimum absolute atomic E-state index is 0.308. The fourth-order valence-corrected chi connectivity index (χ4v) is 1.68. The minimum Gasteiger partial charge on any atom is -0.325 e. The van der Waals surface area contributed by atoms with E-state index in [9.17, 15) is 0 Å². The predicted molar refractivity (Wildman–Crippen MR) is 42.7 cm³/mol. The molecule has 1 heteroatoms. The molecule has 0 aromatic heterocycles. The highest BCUT2D eigenvalue weighted by Crippen LogP contribution is 2.45. The summed E-state index contributed by atoms with van der Waals surface area (Å²) in [5, 5.41) is 0. The van der Waals surface area contributed by atoms with Crippen LogP contribution in [0.3, 0.4) is 0 Å². The number of nitrogens with two attached hydrogens (primary N) is 1. The Balaban J connectivity index is 1.64. The average Bonchev–Trinajstić information content (AvgIpc) is 2.71. The Morgan fingerprint density at radius 2 is 2.10 bits per heavy atom. The van der Waals surface area contributed by atoms with Crippen LogP contribution in [-0.4, -0.2) is 5.54 Å². The van der Waals surface area contributed by atoms with Crippen LogP contribution in [0.5, 0.6) is 0 Å². The highest BCUT2D eigenvalue weighted by molar-refractivity contribution is 4.99. The quantitative estimate of drug-likeness (QED) is 0.635. The van der Waals surface area contributed by atoms with E-state index in [1.807, 2.05) is 0 Å². The zero-order chi connectivity index (χ0) is 7.19. The summed E-state index contributed by atoms with van der Waals surface area (Å²) in [6.07, 6.45) is 6.73. The van der Waals surface area contributed by atoms with Crippen LogP contribution < -0.4 is 5.73 Å². The van der Waals surface area contributed by atoms with E-state index in [0.29, 0.717) is 5.54 Å². The molecule has 1 nitrogen and oxygen atoms in total. The van der Waals surface area contributed by atoms with Gasteiger partial charge in [0.25, 0.3) is 0 Å². The van der Waals surface area contributed by atoms with Gasteiger partial charge in [-0.15, -0.1) is 0 Å². The van der Waals surface area contributed by atoms with Gasteiger partial charge in [-0.3, -0.25) is 0 Å². The van der Waals surface area contributed by atoms with Crippen LogP contribution in [0.2, 0.25) is 0 Å². The van der Waals surface area contributed by atoms with Gasteiger partial charge in [0.15, 0.2) is 0 Å². The molecule has 0 aliphatic heterocycles. The largest absolute Gasteiger partial charge is 0.325 e. The summed E-state index contributed by atoms with van der Waals surface area (Å²) in [7, 11) is 0. The van der Waals surface area contributed by atoms with Crippen molar-refractivity contribution in [2.24, 2.45) is 17.6 Å². The third-order valence-electron chi connectivity index (χ3n) is 3.18. The number of hydrogen-bond acceptors (Lipinski definition) is 1. The normalized spacial score (nSPS) is 41.4. The third-order valence-corrected chi connectivity index (χ3v) is 3.18. The predicted octanol–water partition coefficient (Wildman–Crippen LogP) is 1.91. The molecule has 2 aliphatic rings. The van der Waals surface area contributed by atoms with Crippen molar-refractivity contribution in [1.82, 2.24) is 0 Å². The molecule has 0 radical (unpaired) electrons. The Morgan fingerprint density at radius 3 is 2.50 bits per heavy atom. The Morgan fingerprint density at radius 1 is 1.50 bits per heavy atom. The lowest BCUT2D eigenvalue weighted by Gasteiger charge is -2.05. The summed E-state index contributed by atoms with van der Waals surface area (Å²) in [5.41, 5.74) is 6.28. The van der Waals surface area contributed by atoms with Gasteiger partial charge in [-0.2, -0.15) is 0 Å². The number of rotatable bonds is 3. The Bertz CT molecular complexity index is 138. The van der Waals surface area contributed by atoms with Gasteiger partial charge in [0.1, 0.15) is 0 Å². The molecule has 2 atom stereocenters. The van der Waals surface area contributed by atoms with Gasteiger partial charge < -0.3 is 5.73 Å². The van der Waals surface area contributed by atoms with E-state index in [4.69, 9.17) is 5.73 Å². The molecule has 10 heavy (non-hydrogen) atoms. The molecule has 0 heterocycles. The van der Waals surface area contributed by atoms with Crippen molar-refractivity contribution in [2.45, 2.75) is 44.6 Å². The van der Waals surface area contributed by atoms with Crippen LogP contribution in [0.1, 0.15) is 39.0 Å². The first-order chi connectivity index (χ1) is 4.70. The SMILES string of the molecule is CC1CC1CCC1(N)CC1. The molecule has 2 fully saturated rings. The van der Waals surface area contributed by atoms with E-state index in [1.165, 1.54) is 32.1 Å². The number of hydrogen-bond donors (Lipinski definition) is 1. The van der Waals surface area contributed by atoms with Gasteiger partial charge >= 0.3 is 0 Å². The van der Waals surface area contributed by atoms with E-state index in [0.717, 1.165) is 11.8 Å². The van der Waals surface area contributed by atoms with Gasteiger partial charge in [0.2, 0.25) is 0 Å². The molecule has 2 aliphatic carbocycles. The van der Waals surface area contributed by atoms with Crippen molar-refractivity contribution in [3.8, 4) is 0 Å². The smallest absolute Gasteiger partial charge is 0.0155 e. The zero-order valence-corrected chi connectivity index (χ0v) is 6.77. The lowest BCUT2D eigenvalue weighted by Crippen LogP contribution is -2.21. The fraction of sp³-hybridized carbons (Fsp3) is 1.00. The maximum absolute atomic E-state index is 5.97. The molecular formula is C9H17N. The Kier molecular flexibility index (Phi) is 1.31. The molecule has 0 aromatic carbocycles. The molecule has 0 aromatic rings. The van der Waals surface area contributed by atoms with Crippen LogP contribution in [0, 0.1) is 11.8 Å². The van der Waals surface area contributed by atoms with E-state index >= 15 is 0 Å². The van der Waals surface area contributed by atoms with Crippen LogP contribution in [0.15, 0.2) is 0 Å². The average molecular weight is 139 g/mol. The second kappa shape index (κ2) is 1.97. The molecular weight excluding hydrogens is 122 g/mol. The summed E-state index contributed by atoms with van der Waals surface area (Å²) < 4.78 is 0. The standard InChI is InChI=1S/C9H17N/c1-7-6-8(7)2-3-9(10)4-5-9/h7-8H,2-6,10H2,1H3. The summed E-state index contributed by atoms with van der Waals surface area (Å²) in [4.78, 5) is 0. The van der Waals surface area contributed by atoms with Crippen molar-refractivity contribution >= 4 is 0 Å². The van der Waals surface area contributed by atoms with Crippen molar-refractivity contribution < 1.29 is 0 Å². The maximum atomic E-state index is 5.97. The summed E-state index contributed by atoms with van der Waals surface area (Å²) in [6.45, 7) is 2.35. The van der Waals surface area contributed by atoms with Crippen LogP contribution in [-0.2, 0) is 0 Å². The summed E-state index contributed by atoms with van der Waals surface area (Å²) in [6, 6.07) is 0. The highest BCUT2D eigenvalue weighted by atomic mass is 14.8. The van der Waals surface area contributed by atoms with Crippen molar-refractivity contribution in [1.29, 1.82) is 0 Å². The lowest BCUT2D eigenvalue weighted by molar-refractivity contribution is 0.531. The maximum Gasteiger partial charge on any atom is 0.0155 e. The monoisotopic (exact) mass is 139 g/mol. The molecule has 2 N–H and O–H groups in total. The zero-order valence-electron chi connectivity index (χ0n) is 6.77. The summed E-state index contributed by atoms with van der Waals surface area (Å²) >= 11 is 0. The topological polar surface area (TPSA) is 26.0 Å². The highest BCUT2D eigenvalue weighted by Gasteiger charge is 2.41. The third kappa shape index (κ3) is 1.34. The van der Waals surface area contributed by atoms with Crippen molar-refractivity contribution in [3.63, 3.8) is 0 Å². The molecule has 58 valence electrons. The van der Waals surface area contributed by atoms with Gasteiger partial charge in [-0.25, -0.2) is 0 Å².